The largest absolute Gasteiger partial charge is 0.284 e. The molecule has 1 fully saturated rings. The van der Waals surface area contributed by atoms with E-state index in [0.717, 1.165) is 0 Å². The summed E-state index contributed by atoms with van der Waals surface area (Å²) in [5.41, 5.74) is 0. The third-order valence-electron chi connectivity index (χ3n) is 2.90. The molecule has 0 saturated heterocycles. The first-order valence-electron chi connectivity index (χ1n) is 5.24. The Balaban J connectivity index is 2.07. The molecule has 0 bridgehead atoms. The van der Waals surface area contributed by atoms with E-state index < -0.39 is 0 Å². The van der Waals surface area contributed by atoms with E-state index in [-0.39, 0.29) is 11.8 Å². The first kappa shape index (κ1) is 10.1. The molecule has 2 rings (SSSR count). The van der Waals surface area contributed by atoms with Crippen LogP contribution in [0.15, 0.2) is 18.5 Å². The van der Waals surface area contributed by atoms with Crippen LogP contribution in [-0.2, 0) is 4.79 Å². The van der Waals surface area contributed by atoms with Crippen molar-refractivity contribution in [2.24, 2.45) is 11.8 Å². The first-order valence-corrected chi connectivity index (χ1v) is 5.24. The molecule has 0 N–H and O–H groups in total. The fourth-order valence-corrected chi connectivity index (χ4v) is 1.67. The van der Waals surface area contributed by atoms with Gasteiger partial charge in [0.15, 0.2) is 0 Å². The minimum absolute atomic E-state index is 0.0961. The summed E-state index contributed by atoms with van der Waals surface area (Å²) in [6, 6.07) is 1.74. The molecule has 1 atom stereocenters. The van der Waals surface area contributed by atoms with Crippen LogP contribution in [0, 0.1) is 11.8 Å². The van der Waals surface area contributed by atoms with E-state index in [1.165, 1.54) is 12.8 Å². The Labute approximate surface area is 89.3 Å². The third kappa shape index (κ3) is 2.14. The maximum Gasteiger partial charge on any atom is 0.232 e. The third-order valence-corrected chi connectivity index (χ3v) is 2.90. The lowest BCUT2D eigenvalue weighted by atomic mass is 10.1. The van der Waals surface area contributed by atoms with Gasteiger partial charge in [0.25, 0.3) is 0 Å². The molecule has 0 aromatic carbocycles. The van der Waals surface area contributed by atoms with Crippen molar-refractivity contribution in [3.8, 4) is 0 Å². The van der Waals surface area contributed by atoms with E-state index in [4.69, 9.17) is 0 Å². The van der Waals surface area contributed by atoms with Crippen LogP contribution in [0.3, 0.4) is 0 Å². The van der Waals surface area contributed by atoms with Gasteiger partial charge < -0.3 is 0 Å². The van der Waals surface area contributed by atoms with E-state index in [2.05, 4.69) is 9.97 Å². The van der Waals surface area contributed by atoms with Crippen molar-refractivity contribution in [1.29, 1.82) is 0 Å². The van der Waals surface area contributed by atoms with Gasteiger partial charge in [0.2, 0.25) is 11.9 Å². The van der Waals surface area contributed by atoms with E-state index in [1.54, 1.807) is 30.4 Å². The Morgan fingerprint density at radius 1 is 1.47 bits per heavy atom. The number of hydrogen-bond acceptors (Lipinski definition) is 3. The summed E-state index contributed by atoms with van der Waals surface area (Å²) < 4.78 is 0. The van der Waals surface area contributed by atoms with Crippen molar-refractivity contribution in [2.45, 2.75) is 19.8 Å². The average molecular weight is 205 g/mol. The summed E-state index contributed by atoms with van der Waals surface area (Å²) in [6.45, 7) is 1.99. The standard InChI is InChI=1S/C11H15N3O/c1-8(9-4-5-9)10(15)14(2)11-12-6-3-7-13-11/h3,6-9H,4-5H2,1-2H3. The maximum absolute atomic E-state index is 12.0. The highest BCUT2D eigenvalue weighted by molar-refractivity contribution is 5.92. The van der Waals surface area contributed by atoms with Gasteiger partial charge in [-0.3, -0.25) is 9.69 Å². The molecule has 4 heteroatoms. The summed E-state index contributed by atoms with van der Waals surface area (Å²) in [4.78, 5) is 21.6. The molecule has 1 aromatic heterocycles. The predicted molar refractivity (Wildman–Crippen MR) is 57.3 cm³/mol. The smallest absolute Gasteiger partial charge is 0.232 e. The van der Waals surface area contributed by atoms with Crippen LogP contribution in [0.5, 0.6) is 0 Å². The molecule has 80 valence electrons. The number of carbonyl (C=O) groups excluding carboxylic acids is 1. The van der Waals surface area contributed by atoms with Crippen molar-refractivity contribution in [1.82, 2.24) is 9.97 Å². The van der Waals surface area contributed by atoms with Crippen molar-refractivity contribution in [3.63, 3.8) is 0 Å². The van der Waals surface area contributed by atoms with Gasteiger partial charge in [0.05, 0.1) is 0 Å². The lowest BCUT2D eigenvalue weighted by molar-refractivity contribution is -0.122. The molecular formula is C11H15N3O. The van der Waals surface area contributed by atoms with Crippen molar-refractivity contribution >= 4 is 11.9 Å². The van der Waals surface area contributed by atoms with Crippen LogP contribution < -0.4 is 4.90 Å². The zero-order valence-corrected chi connectivity index (χ0v) is 9.05. The first-order chi connectivity index (χ1) is 7.20. The Kier molecular flexibility index (Phi) is 2.66. The second kappa shape index (κ2) is 3.96. The van der Waals surface area contributed by atoms with Gasteiger partial charge in [-0.05, 0) is 24.8 Å². The monoisotopic (exact) mass is 205 g/mol. The average Bonchev–Trinajstić information content (AvgIpc) is 3.11. The Morgan fingerprint density at radius 3 is 2.60 bits per heavy atom. The second-order valence-electron chi connectivity index (χ2n) is 4.07. The summed E-state index contributed by atoms with van der Waals surface area (Å²) >= 11 is 0. The number of nitrogens with zero attached hydrogens (tertiary/aromatic N) is 3. The number of anilines is 1. The van der Waals surface area contributed by atoms with Crippen LogP contribution in [0.2, 0.25) is 0 Å². The maximum atomic E-state index is 12.0. The van der Waals surface area contributed by atoms with Gasteiger partial charge in [0.1, 0.15) is 0 Å². The normalized spacial score (nSPS) is 17.2. The molecule has 1 amide bonds. The predicted octanol–water partition coefficient (Wildman–Crippen LogP) is 1.49. The minimum atomic E-state index is 0.0961. The lowest BCUT2D eigenvalue weighted by Gasteiger charge is -2.18. The molecule has 1 aromatic rings. The van der Waals surface area contributed by atoms with Gasteiger partial charge in [-0.25, -0.2) is 9.97 Å². The zero-order valence-electron chi connectivity index (χ0n) is 9.05. The number of rotatable bonds is 3. The van der Waals surface area contributed by atoms with E-state index >= 15 is 0 Å². The Bertz CT molecular complexity index is 348. The quantitative estimate of drug-likeness (QED) is 0.751. The van der Waals surface area contributed by atoms with Gasteiger partial charge in [0, 0.05) is 25.4 Å². The molecule has 15 heavy (non-hydrogen) atoms. The van der Waals surface area contributed by atoms with Crippen LogP contribution in [0.25, 0.3) is 0 Å². The fourth-order valence-electron chi connectivity index (χ4n) is 1.67. The molecule has 4 nitrogen and oxygen atoms in total. The van der Waals surface area contributed by atoms with Crippen molar-refractivity contribution < 1.29 is 4.79 Å². The Hall–Kier alpha value is -1.45. The van der Waals surface area contributed by atoms with Crippen LogP contribution in [-0.4, -0.2) is 22.9 Å². The fraction of sp³-hybridized carbons (Fsp3) is 0.545. The van der Waals surface area contributed by atoms with Crippen LogP contribution >= 0.6 is 0 Å². The number of hydrogen-bond donors (Lipinski definition) is 0. The summed E-state index contributed by atoms with van der Waals surface area (Å²) in [7, 11) is 1.73. The van der Waals surface area contributed by atoms with Crippen molar-refractivity contribution in [2.75, 3.05) is 11.9 Å². The Morgan fingerprint density at radius 2 is 2.07 bits per heavy atom. The topological polar surface area (TPSA) is 46.1 Å². The highest BCUT2D eigenvalue weighted by Crippen LogP contribution is 2.37. The molecule has 0 spiro atoms. The summed E-state index contributed by atoms with van der Waals surface area (Å²) in [5.74, 6) is 1.26. The molecule has 1 heterocycles. The van der Waals surface area contributed by atoms with Gasteiger partial charge >= 0.3 is 0 Å². The van der Waals surface area contributed by atoms with Gasteiger partial charge in [-0.15, -0.1) is 0 Å². The molecule has 0 aliphatic heterocycles. The summed E-state index contributed by atoms with van der Waals surface area (Å²) in [5, 5.41) is 0. The van der Waals surface area contributed by atoms with Crippen LogP contribution in [0.1, 0.15) is 19.8 Å². The molecule has 1 unspecified atom stereocenters. The minimum Gasteiger partial charge on any atom is -0.284 e. The molecular weight excluding hydrogens is 190 g/mol. The van der Waals surface area contributed by atoms with Crippen LogP contribution in [0.4, 0.5) is 5.95 Å². The molecule has 0 radical (unpaired) electrons. The zero-order chi connectivity index (χ0) is 10.8. The summed E-state index contributed by atoms with van der Waals surface area (Å²) in [6.07, 6.45) is 5.65. The number of aromatic nitrogens is 2. The molecule has 1 aliphatic carbocycles. The van der Waals surface area contributed by atoms with E-state index in [0.29, 0.717) is 11.9 Å². The number of carbonyl (C=O) groups is 1. The van der Waals surface area contributed by atoms with Gasteiger partial charge in [-0.1, -0.05) is 6.92 Å². The highest BCUT2D eigenvalue weighted by atomic mass is 16.2. The van der Waals surface area contributed by atoms with Crippen molar-refractivity contribution in [3.05, 3.63) is 18.5 Å². The number of amides is 1. The van der Waals surface area contributed by atoms with E-state index in [1.807, 2.05) is 6.92 Å². The molecule has 1 saturated carbocycles. The SMILES string of the molecule is CC(C(=O)N(C)c1ncccn1)C1CC1. The second-order valence-corrected chi connectivity index (χ2v) is 4.07. The van der Waals surface area contributed by atoms with Gasteiger partial charge in [-0.2, -0.15) is 0 Å². The molecule has 1 aliphatic rings. The lowest BCUT2D eigenvalue weighted by Crippen LogP contribution is -2.33. The highest BCUT2D eigenvalue weighted by Gasteiger charge is 2.34. The van der Waals surface area contributed by atoms with E-state index in [9.17, 15) is 4.79 Å².